The maximum absolute atomic E-state index is 12.1. The lowest BCUT2D eigenvalue weighted by Gasteiger charge is -2.34. The van der Waals surface area contributed by atoms with Crippen LogP contribution >= 0.6 is 0 Å². The smallest absolute Gasteiger partial charge is 0.339 e. The van der Waals surface area contributed by atoms with Gasteiger partial charge in [-0.25, -0.2) is 4.79 Å². The average Bonchev–Trinajstić information content (AvgIpc) is 2.39. The Morgan fingerprint density at radius 2 is 1.89 bits per heavy atom. The van der Waals surface area contributed by atoms with Gasteiger partial charge in [0.25, 0.3) is 0 Å². The van der Waals surface area contributed by atoms with Gasteiger partial charge >= 0.3 is 5.97 Å². The number of benzene rings is 1. The molecule has 0 aromatic heterocycles. The van der Waals surface area contributed by atoms with E-state index >= 15 is 0 Å². The summed E-state index contributed by atoms with van der Waals surface area (Å²) in [5.41, 5.74) is 0.601. The summed E-state index contributed by atoms with van der Waals surface area (Å²) in [6.07, 6.45) is 3.93. The van der Waals surface area contributed by atoms with Crippen LogP contribution in [0.3, 0.4) is 0 Å². The third-order valence-corrected chi connectivity index (χ3v) is 3.54. The molecule has 0 spiro atoms. The van der Waals surface area contributed by atoms with Crippen LogP contribution in [-0.2, 0) is 9.53 Å². The molecule has 1 aliphatic rings. The highest BCUT2D eigenvalue weighted by atomic mass is 16.6. The predicted octanol–water partition coefficient (Wildman–Crippen LogP) is 3.30. The lowest BCUT2D eigenvalue weighted by Crippen LogP contribution is -2.43. The van der Waals surface area contributed by atoms with Crippen molar-refractivity contribution in [3.8, 4) is 0 Å². The van der Waals surface area contributed by atoms with Crippen molar-refractivity contribution in [1.29, 1.82) is 0 Å². The van der Waals surface area contributed by atoms with Crippen LogP contribution in [-0.4, -0.2) is 17.4 Å². The molecule has 19 heavy (non-hydrogen) atoms. The van der Waals surface area contributed by atoms with Crippen molar-refractivity contribution in [2.24, 2.45) is 0 Å². The molecule has 3 heteroatoms. The number of allylic oxidation sites excluding steroid dienone is 1. The molecule has 0 bridgehead atoms. The number of carbonyl (C=O) groups is 2. The summed E-state index contributed by atoms with van der Waals surface area (Å²) < 4.78 is 5.57. The van der Waals surface area contributed by atoms with E-state index in [1.807, 2.05) is 13.0 Å². The van der Waals surface area contributed by atoms with E-state index in [2.05, 4.69) is 6.08 Å². The van der Waals surface area contributed by atoms with Gasteiger partial charge in [0.15, 0.2) is 11.4 Å². The normalized spacial score (nSPS) is 22.5. The zero-order valence-corrected chi connectivity index (χ0v) is 11.3. The fourth-order valence-corrected chi connectivity index (χ4v) is 2.43. The van der Waals surface area contributed by atoms with E-state index in [1.165, 1.54) is 6.92 Å². The number of ketones is 1. The molecule has 3 nitrogen and oxygen atoms in total. The summed E-state index contributed by atoms with van der Waals surface area (Å²) in [7, 11) is 0. The molecular formula is C16H18O3. The van der Waals surface area contributed by atoms with Crippen LogP contribution < -0.4 is 0 Å². The van der Waals surface area contributed by atoms with Gasteiger partial charge in [0.2, 0.25) is 0 Å². The maximum atomic E-state index is 12.1. The molecule has 100 valence electrons. The fourth-order valence-electron chi connectivity index (χ4n) is 2.43. The Kier molecular flexibility index (Phi) is 3.84. The number of hydrogen-bond donors (Lipinski definition) is 0. The molecular weight excluding hydrogens is 240 g/mol. The lowest BCUT2D eigenvalue weighted by molar-refractivity contribution is -0.137. The molecule has 1 aromatic rings. The van der Waals surface area contributed by atoms with Gasteiger partial charge in [-0.1, -0.05) is 29.8 Å². The second-order valence-corrected chi connectivity index (χ2v) is 5.07. The van der Waals surface area contributed by atoms with Crippen LogP contribution in [0.4, 0.5) is 0 Å². The first kappa shape index (κ1) is 13.5. The maximum Gasteiger partial charge on any atom is 0.339 e. The molecule has 1 unspecified atom stereocenters. The Balaban J connectivity index is 2.21. The van der Waals surface area contributed by atoms with E-state index in [0.717, 1.165) is 12.0 Å². The molecule has 0 saturated heterocycles. The Hall–Kier alpha value is -1.90. The first-order valence-corrected chi connectivity index (χ1v) is 6.48. The molecule has 0 saturated carbocycles. The Bertz CT molecular complexity index is 516. The molecule has 0 radical (unpaired) electrons. The van der Waals surface area contributed by atoms with Crippen molar-refractivity contribution in [3.63, 3.8) is 0 Å². The van der Waals surface area contributed by atoms with Crippen LogP contribution in [0.25, 0.3) is 0 Å². The van der Waals surface area contributed by atoms with E-state index in [-0.39, 0.29) is 5.78 Å². The van der Waals surface area contributed by atoms with Gasteiger partial charge in [-0.05, 0) is 38.8 Å². The van der Waals surface area contributed by atoms with E-state index < -0.39 is 11.6 Å². The third-order valence-electron chi connectivity index (χ3n) is 3.54. The summed E-state index contributed by atoms with van der Waals surface area (Å²) in [6.45, 7) is 3.46. The molecule has 0 amide bonds. The molecule has 0 heterocycles. The van der Waals surface area contributed by atoms with Crippen molar-refractivity contribution < 1.29 is 14.3 Å². The predicted molar refractivity (Wildman–Crippen MR) is 72.9 cm³/mol. The summed E-state index contributed by atoms with van der Waals surface area (Å²) in [5.74, 6) is -0.505. The zero-order valence-electron chi connectivity index (χ0n) is 11.3. The van der Waals surface area contributed by atoms with Gasteiger partial charge in [-0.3, -0.25) is 4.79 Å². The van der Waals surface area contributed by atoms with Crippen LogP contribution in [0.15, 0.2) is 42.0 Å². The highest BCUT2D eigenvalue weighted by Crippen LogP contribution is 2.33. The zero-order chi connectivity index (χ0) is 13.9. The average molecular weight is 258 g/mol. The highest BCUT2D eigenvalue weighted by molar-refractivity contribution is 5.94. The van der Waals surface area contributed by atoms with Gasteiger partial charge < -0.3 is 4.74 Å². The first-order valence-electron chi connectivity index (χ1n) is 6.48. The standard InChI is InChI=1S/C16H18O3/c1-12-7-6-10-16(11-12,13(2)17)19-15(18)14-8-4-3-5-9-14/h3-5,7-9H,6,10-11H2,1-2H3. The van der Waals surface area contributed by atoms with E-state index in [0.29, 0.717) is 18.4 Å². The largest absolute Gasteiger partial charge is 0.447 e. The molecule has 1 aliphatic carbocycles. The number of carbonyl (C=O) groups excluding carboxylic acids is 2. The van der Waals surface area contributed by atoms with Crippen molar-refractivity contribution in [2.45, 2.75) is 38.7 Å². The number of rotatable bonds is 3. The van der Waals surface area contributed by atoms with Crippen molar-refractivity contribution in [1.82, 2.24) is 0 Å². The number of Topliss-reactive ketones (excluding diaryl/α,β-unsaturated/α-hetero) is 1. The minimum Gasteiger partial charge on any atom is -0.447 e. The minimum absolute atomic E-state index is 0.0794. The molecule has 0 fully saturated rings. The highest BCUT2D eigenvalue weighted by Gasteiger charge is 2.40. The molecule has 0 N–H and O–H groups in total. The van der Waals surface area contributed by atoms with Crippen molar-refractivity contribution in [2.75, 3.05) is 0 Å². The van der Waals surface area contributed by atoms with Gasteiger partial charge in [-0.2, -0.15) is 0 Å². The van der Waals surface area contributed by atoms with Gasteiger partial charge in [0, 0.05) is 6.42 Å². The molecule has 1 aromatic carbocycles. The number of ether oxygens (including phenoxy) is 1. The summed E-state index contributed by atoms with van der Waals surface area (Å²) in [5, 5.41) is 0. The summed E-state index contributed by atoms with van der Waals surface area (Å²) in [6, 6.07) is 8.79. The Labute approximate surface area is 113 Å². The van der Waals surface area contributed by atoms with Crippen LogP contribution in [0.2, 0.25) is 0 Å². The third kappa shape index (κ3) is 2.92. The fraction of sp³-hybridized carbons (Fsp3) is 0.375. The SMILES string of the molecule is CC(=O)C1(OC(=O)c2ccccc2)CCC=C(C)C1. The van der Waals surface area contributed by atoms with Crippen molar-refractivity contribution in [3.05, 3.63) is 47.5 Å². The molecule has 2 rings (SSSR count). The van der Waals surface area contributed by atoms with E-state index in [9.17, 15) is 9.59 Å². The first-order chi connectivity index (χ1) is 9.03. The van der Waals surface area contributed by atoms with Crippen LogP contribution in [0, 0.1) is 0 Å². The van der Waals surface area contributed by atoms with Gasteiger partial charge in [0.05, 0.1) is 5.56 Å². The topological polar surface area (TPSA) is 43.4 Å². The van der Waals surface area contributed by atoms with Gasteiger partial charge in [0.1, 0.15) is 0 Å². The summed E-state index contributed by atoms with van der Waals surface area (Å²) in [4.78, 5) is 24.1. The van der Waals surface area contributed by atoms with Crippen molar-refractivity contribution >= 4 is 11.8 Å². The second kappa shape index (κ2) is 5.39. The number of hydrogen-bond acceptors (Lipinski definition) is 3. The van der Waals surface area contributed by atoms with E-state index in [4.69, 9.17) is 4.74 Å². The molecule has 0 aliphatic heterocycles. The van der Waals surface area contributed by atoms with Crippen LogP contribution in [0.1, 0.15) is 43.5 Å². The molecule has 1 atom stereocenters. The summed E-state index contributed by atoms with van der Waals surface area (Å²) >= 11 is 0. The van der Waals surface area contributed by atoms with Crippen LogP contribution in [0.5, 0.6) is 0 Å². The monoisotopic (exact) mass is 258 g/mol. The van der Waals surface area contributed by atoms with E-state index in [1.54, 1.807) is 24.3 Å². The Morgan fingerprint density at radius 1 is 1.21 bits per heavy atom. The minimum atomic E-state index is -0.980. The quantitative estimate of drug-likeness (QED) is 0.617. The Morgan fingerprint density at radius 3 is 2.47 bits per heavy atom. The lowest BCUT2D eigenvalue weighted by atomic mass is 9.82. The van der Waals surface area contributed by atoms with Gasteiger partial charge in [-0.15, -0.1) is 0 Å². The number of esters is 1. The second-order valence-electron chi connectivity index (χ2n) is 5.07.